The van der Waals surface area contributed by atoms with E-state index in [1.807, 2.05) is 36.5 Å². The van der Waals surface area contributed by atoms with Gasteiger partial charge in [0.25, 0.3) is 0 Å². The number of hydrogen-bond acceptors (Lipinski definition) is 4. The fourth-order valence-electron chi connectivity index (χ4n) is 2.54. The number of nitrogens with zero attached hydrogens (tertiary/aromatic N) is 2. The average molecular weight is 331 g/mol. The van der Waals surface area contributed by atoms with E-state index in [9.17, 15) is 9.59 Å². The highest BCUT2D eigenvalue weighted by atomic mass is 16.5. The summed E-state index contributed by atoms with van der Waals surface area (Å²) < 4.78 is 6.76. The lowest BCUT2D eigenvalue weighted by Crippen LogP contribution is -2.51. The molecule has 24 heavy (non-hydrogen) atoms. The number of carbonyl (C=O) groups excluding carboxylic acids is 1. The number of rotatable bonds is 8. The molecule has 128 valence electrons. The number of carbonyl (C=O) groups is 2. The minimum absolute atomic E-state index is 0.128. The van der Waals surface area contributed by atoms with Crippen molar-refractivity contribution in [2.45, 2.75) is 25.3 Å². The van der Waals surface area contributed by atoms with E-state index >= 15 is 0 Å². The first-order valence-electron chi connectivity index (χ1n) is 7.52. The Morgan fingerprint density at radius 2 is 2.04 bits per heavy atom. The zero-order valence-electron chi connectivity index (χ0n) is 13.7. The third-order valence-corrected chi connectivity index (χ3v) is 3.52. The van der Waals surface area contributed by atoms with Gasteiger partial charge in [0.2, 0.25) is 5.91 Å². The Morgan fingerprint density at radius 1 is 1.33 bits per heavy atom. The smallest absolute Gasteiger partial charge is 0.305 e. The highest BCUT2D eigenvalue weighted by Gasteiger charge is 2.29. The van der Waals surface area contributed by atoms with Crippen LogP contribution in [0, 0.1) is 0 Å². The van der Waals surface area contributed by atoms with Crippen molar-refractivity contribution < 1.29 is 19.4 Å². The number of carboxylic acid groups (broad SMARTS) is 1. The van der Waals surface area contributed by atoms with Gasteiger partial charge in [0.15, 0.2) is 0 Å². The van der Waals surface area contributed by atoms with Crippen LogP contribution in [-0.2, 0) is 20.7 Å². The number of aromatic nitrogens is 2. The fraction of sp³-hybridized carbons (Fsp3) is 0.353. The predicted octanol–water partition coefficient (Wildman–Crippen LogP) is 1.41. The molecule has 0 aliphatic rings. The van der Waals surface area contributed by atoms with Gasteiger partial charge in [0, 0.05) is 19.5 Å². The minimum atomic E-state index is -0.988. The van der Waals surface area contributed by atoms with Crippen LogP contribution >= 0.6 is 0 Å². The van der Waals surface area contributed by atoms with Crippen molar-refractivity contribution in [2.75, 3.05) is 13.7 Å². The van der Waals surface area contributed by atoms with Crippen LogP contribution in [-0.4, -0.2) is 46.0 Å². The first-order chi connectivity index (χ1) is 11.4. The van der Waals surface area contributed by atoms with Crippen molar-refractivity contribution in [1.82, 2.24) is 15.1 Å². The van der Waals surface area contributed by atoms with E-state index in [1.54, 1.807) is 17.8 Å². The number of hydrogen-bond donors (Lipinski definition) is 2. The van der Waals surface area contributed by atoms with Crippen LogP contribution in [0.3, 0.4) is 0 Å². The van der Waals surface area contributed by atoms with Gasteiger partial charge in [0.1, 0.15) is 0 Å². The molecule has 2 N–H and O–H groups in total. The topological polar surface area (TPSA) is 93.5 Å². The molecule has 1 aromatic heterocycles. The molecule has 0 radical (unpaired) electrons. The van der Waals surface area contributed by atoms with Crippen molar-refractivity contribution in [2.24, 2.45) is 0 Å². The summed E-state index contributed by atoms with van der Waals surface area (Å²) >= 11 is 0. The molecular formula is C17H21N3O4. The predicted molar refractivity (Wildman–Crippen MR) is 87.9 cm³/mol. The summed E-state index contributed by atoms with van der Waals surface area (Å²) in [4.78, 5) is 23.2. The summed E-state index contributed by atoms with van der Waals surface area (Å²) in [6.07, 6.45) is 3.49. The fourth-order valence-corrected chi connectivity index (χ4v) is 2.54. The lowest BCUT2D eigenvalue weighted by Gasteiger charge is -2.28. The Bertz CT molecular complexity index is 682. The number of benzene rings is 1. The number of methoxy groups -OCH3 is 1. The molecule has 7 heteroatoms. The zero-order valence-corrected chi connectivity index (χ0v) is 13.7. The molecule has 2 rings (SSSR count). The van der Waals surface area contributed by atoms with Gasteiger partial charge >= 0.3 is 5.97 Å². The van der Waals surface area contributed by atoms with E-state index in [1.165, 1.54) is 7.11 Å². The van der Waals surface area contributed by atoms with Crippen LogP contribution in [0.4, 0.5) is 0 Å². The summed E-state index contributed by atoms with van der Waals surface area (Å²) in [5.41, 5.74) is 0.796. The highest BCUT2D eigenvalue weighted by Crippen LogP contribution is 2.13. The second kappa shape index (κ2) is 7.74. The normalized spacial score (nSPS) is 13.2. The molecule has 1 amide bonds. The number of ether oxygens (including phenoxy) is 1. The molecule has 0 bridgehead atoms. The highest BCUT2D eigenvalue weighted by molar-refractivity contribution is 5.80. The molecule has 1 aromatic carbocycles. The number of aliphatic carboxylic acids is 1. The molecule has 0 spiro atoms. The van der Waals surface area contributed by atoms with Crippen molar-refractivity contribution in [3.8, 4) is 5.69 Å². The van der Waals surface area contributed by atoms with Crippen LogP contribution in [0.5, 0.6) is 0 Å². The maximum atomic E-state index is 12.2. The molecule has 0 fully saturated rings. The molecule has 0 aliphatic heterocycles. The standard InChI is InChI=1S/C17H21N3O4/c1-17(12-24-2,11-16(22)23)19-15(21)10-13-4-6-14(7-5-13)20-9-3-8-18-20/h3-9H,10-12H2,1-2H3,(H,19,21)(H,22,23). The van der Waals surface area contributed by atoms with Crippen LogP contribution in [0.1, 0.15) is 18.9 Å². The maximum Gasteiger partial charge on any atom is 0.305 e. The molecule has 7 nitrogen and oxygen atoms in total. The Labute approximate surface area is 140 Å². The second-order valence-corrected chi connectivity index (χ2v) is 5.91. The third-order valence-electron chi connectivity index (χ3n) is 3.52. The Kier molecular flexibility index (Phi) is 5.70. The van der Waals surface area contributed by atoms with Gasteiger partial charge in [-0.3, -0.25) is 9.59 Å². The van der Waals surface area contributed by atoms with E-state index in [0.717, 1.165) is 11.3 Å². The quantitative estimate of drug-likeness (QED) is 0.763. The number of amides is 1. The number of carboxylic acids is 1. The van der Waals surface area contributed by atoms with Crippen molar-refractivity contribution in [1.29, 1.82) is 0 Å². The summed E-state index contributed by atoms with van der Waals surface area (Å²) in [5.74, 6) is -1.24. The van der Waals surface area contributed by atoms with Gasteiger partial charge in [-0.2, -0.15) is 5.10 Å². The lowest BCUT2D eigenvalue weighted by molar-refractivity contribution is -0.139. The summed E-state index contributed by atoms with van der Waals surface area (Å²) in [6, 6.07) is 9.28. The summed E-state index contributed by atoms with van der Waals surface area (Å²) in [5, 5.41) is 15.9. The van der Waals surface area contributed by atoms with Crippen LogP contribution in [0.2, 0.25) is 0 Å². The SMILES string of the molecule is COCC(C)(CC(=O)O)NC(=O)Cc1ccc(-n2cccn2)cc1. The van der Waals surface area contributed by atoms with Gasteiger partial charge in [-0.25, -0.2) is 4.68 Å². The summed E-state index contributed by atoms with van der Waals surface area (Å²) in [7, 11) is 1.47. The molecule has 1 unspecified atom stereocenters. The molecule has 0 saturated heterocycles. The molecular weight excluding hydrogens is 310 g/mol. The molecule has 0 saturated carbocycles. The Balaban J connectivity index is 1.99. The van der Waals surface area contributed by atoms with E-state index in [0.29, 0.717) is 0 Å². The lowest BCUT2D eigenvalue weighted by atomic mass is 9.98. The van der Waals surface area contributed by atoms with Crippen molar-refractivity contribution in [3.05, 3.63) is 48.3 Å². The summed E-state index contributed by atoms with van der Waals surface area (Å²) in [6.45, 7) is 1.78. The second-order valence-electron chi connectivity index (χ2n) is 5.91. The van der Waals surface area contributed by atoms with Crippen molar-refractivity contribution in [3.63, 3.8) is 0 Å². The number of nitrogens with one attached hydrogen (secondary N) is 1. The molecule has 1 heterocycles. The van der Waals surface area contributed by atoms with E-state index in [-0.39, 0.29) is 25.4 Å². The van der Waals surface area contributed by atoms with E-state index in [2.05, 4.69) is 10.4 Å². The Morgan fingerprint density at radius 3 is 2.58 bits per heavy atom. The first-order valence-corrected chi connectivity index (χ1v) is 7.52. The van der Waals surface area contributed by atoms with Gasteiger partial charge in [0.05, 0.1) is 30.7 Å². The van der Waals surface area contributed by atoms with Crippen LogP contribution in [0.15, 0.2) is 42.7 Å². The van der Waals surface area contributed by atoms with Gasteiger partial charge in [-0.1, -0.05) is 12.1 Å². The van der Waals surface area contributed by atoms with Crippen molar-refractivity contribution >= 4 is 11.9 Å². The third kappa shape index (κ3) is 4.92. The monoisotopic (exact) mass is 331 g/mol. The van der Waals surface area contributed by atoms with Crippen LogP contribution < -0.4 is 5.32 Å². The first kappa shape index (κ1) is 17.7. The average Bonchev–Trinajstić information content (AvgIpc) is 3.01. The largest absolute Gasteiger partial charge is 0.481 e. The zero-order chi connectivity index (χ0) is 17.6. The maximum absolute atomic E-state index is 12.2. The van der Waals surface area contributed by atoms with Gasteiger partial charge in [-0.05, 0) is 30.7 Å². The van der Waals surface area contributed by atoms with Crippen LogP contribution in [0.25, 0.3) is 5.69 Å². The van der Waals surface area contributed by atoms with Gasteiger partial charge in [-0.15, -0.1) is 0 Å². The molecule has 1 atom stereocenters. The molecule has 0 aliphatic carbocycles. The Hall–Kier alpha value is -2.67. The van der Waals surface area contributed by atoms with E-state index in [4.69, 9.17) is 9.84 Å². The minimum Gasteiger partial charge on any atom is -0.481 e. The molecule has 2 aromatic rings. The van der Waals surface area contributed by atoms with E-state index < -0.39 is 11.5 Å². The van der Waals surface area contributed by atoms with Gasteiger partial charge < -0.3 is 15.2 Å².